The number of fused-ring (bicyclic) bond motifs is 1. The van der Waals surface area contributed by atoms with E-state index in [-0.39, 0.29) is 29.8 Å². The van der Waals surface area contributed by atoms with Crippen LogP contribution in [-0.2, 0) is 14.8 Å². The number of carbonyl (C=O) groups excluding carboxylic acids is 1. The maximum atomic E-state index is 12.7. The highest BCUT2D eigenvalue weighted by Crippen LogP contribution is 2.29. The number of benzene rings is 2. The molecule has 0 heterocycles. The second-order valence-electron chi connectivity index (χ2n) is 6.37. The molecule has 0 aliphatic heterocycles. The molecule has 1 amide bonds. The van der Waals surface area contributed by atoms with Gasteiger partial charge in [-0.25, -0.2) is 13.1 Å². The third-order valence-corrected chi connectivity index (χ3v) is 5.39. The number of rotatable bonds is 7. The minimum Gasteiger partial charge on any atom is -0.377 e. The molecule has 2 aromatic carbocycles. The van der Waals surface area contributed by atoms with Crippen LogP contribution in [0.15, 0.2) is 41.3 Å². The monoisotopic (exact) mass is 363 g/mol. The van der Waals surface area contributed by atoms with Gasteiger partial charge in [0.25, 0.3) is 0 Å². The highest BCUT2D eigenvalue weighted by molar-refractivity contribution is 7.89. The highest BCUT2D eigenvalue weighted by Gasteiger charge is 2.18. The predicted molar refractivity (Wildman–Crippen MR) is 101 cm³/mol. The van der Waals surface area contributed by atoms with Crippen LogP contribution in [0.4, 0.5) is 5.69 Å². The van der Waals surface area contributed by atoms with Gasteiger partial charge in [-0.2, -0.15) is 0 Å². The van der Waals surface area contributed by atoms with E-state index in [2.05, 4.69) is 10.0 Å². The fourth-order valence-corrected chi connectivity index (χ4v) is 3.79. The van der Waals surface area contributed by atoms with Gasteiger partial charge >= 0.3 is 0 Å². The van der Waals surface area contributed by atoms with Gasteiger partial charge in [-0.3, -0.25) is 4.79 Å². The van der Waals surface area contributed by atoms with Crippen LogP contribution in [0.1, 0.15) is 13.8 Å². The van der Waals surface area contributed by atoms with Gasteiger partial charge in [-0.1, -0.05) is 38.1 Å². The van der Waals surface area contributed by atoms with Crippen molar-refractivity contribution < 1.29 is 13.2 Å². The van der Waals surface area contributed by atoms with Crippen LogP contribution >= 0.6 is 0 Å². The van der Waals surface area contributed by atoms with E-state index in [1.165, 1.54) is 0 Å². The predicted octanol–water partition coefficient (Wildman–Crippen LogP) is 1.96. The molecule has 0 bridgehead atoms. The van der Waals surface area contributed by atoms with E-state index in [1.54, 1.807) is 32.0 Å². The molecule has 0 unspecified atom stereocenters. The SMILES string of the molecule is CC(C)C(=O)NCCNS(=O)(=O)c1cccc2c(N(C)C)cccc12. The van der Waals surface area contributed by atoms with E-state index in [1.807, 2.05) is 37.2 Å². The minimum absolute atomic E-state index is 0.0972. The van der Waals surface area contributed by atoms with E-state index in [4.69, 9.17) is 0 Å². The molecule has 7 heteroatoms. The molecule has 0 radical (unpaired) electrons. The van der Waals surface area contributed by atoms with Gasteiger partial charge in [0.1, 0.15) is 0 Å². The number of hydrogen-bond acceptors (Lipinski definition) is 4. The fraction of sp³-hybridized carbons (Fsp3) is 0.389. The number of anilines is 1. The smallest absolute Gasteiger partial charge is 0.241 e. The second-order valence-corrected chi connectivity index (χ2v) is 8.10. The van der Waals surface area contributed by atoms with Crippen molar-refractivity contribution in [3.05, 3.63) is 36.4 Å². The van der Waals surface area contributed by atoms with Crippen LogP contribution in [0.5, 0.6) is 0 Å². The van der Waals surface area contributed by atoms with Crippen molar-refractivity contribution in [2.24, 2.45) is 5.92 Å². The van der Waals surface area contributed by atoms with Crippen molar-refractivity contribution in [1.82, 2.24) is 10.0 Å². The Balaban J connectivity index is 2.22. The van der Waals surface area contributed by atoms with Crippen LogP contribution in [-0.4, -0.2) is 41.5 Å². The molecule has 0 fully saturated rings. The quantitative estimate of drug-likeness (QED) is 0.737. The molecule has 0 aliphatic rings. The van der Waals surface area contributed by atoms with Crippen LogP contribution in [0.3, 0.4) is 0 Å². The number of carbonyl (C=O) groups is 1. The van der Waals surface area contributed by atoms with Gasteiger partial charge in [-0.15, -0.1) is 0 Å². The molecule has 0 spiro atoms. The highest BCUT2D eigenvalue weighted by atomic mass is 32.2. The lowest BCUT2D eigenvalue weighted by Gasteiger charge is -2.17. The second kappa shape index (κ2) is 7.84. The summed E-state index contributed by atoms with van der Waals surface area (Å²) in [5.74, 6) is -0.223. The summed E-state index contributed by atoms with van der Waals surface area (Å²) in [6.45, 7) is 3.98. The van der Waals surface area contributed by atoms with Crippen molar-refractivity contribution in [3.8, 4) is 0 Å². The van der Waals surface area contributed by atoms with Crippen molar-refractivity contribution in [1.29, 1.82) is 0 Å². The first-order chi connectivity index (χ1) is 11.7. The standard InChI is InChI=1S/C18H25N3O3S/c1-13(2)18(22)19-11-12-20-25(23,24)17-10-6-7-14-15(17)8-5-9-16(14)21(3)4/h5-10,13,20H,11-12H2,1-4H3,(H,19,22). The summed E-state index contributed by atoms with van der Waals surface area (Å²) in [5.41, 5.74) is 0.957. The summed E-state index contributed by atoms with van der Waals surface area (Å²) in [4.78, 5) is 13.7. The van der Waals surface area contributed by atoms with Gasteiger partial charge in [0.2, 0.25) is 15.9 Å². The summed E-state index contributed by atoms with van der Waals surface area (Å²) in [7, 11) is 0.177. The zero-order valence-electron chi connectivity index (χ0n) is 15.0. The number of amides is 1. The van der Waals surface area contributed by atoms with Gasteiger partial charge in [-0.05, 0) is 12.1 Å². The topological polar surface area (TPSA) is 78.5 Å². The number of nitrogens with one attached hydrogen (secondary N) is 2. The van der Waals surface area contributed by atoms with E-state index >= 15 is 0 Å². The summed E-state index contributed by atoms with van der Waals surface area (Å²) in [6, 6.07) is 10.8. The summed E-state index contributed by atoms with van der Waals surface area (Å²) in [5, 5.41) is 4.25. The van der Waals surface area contributed by atoms with Crippen molar-refractivity contribution in [2.75, 3.05) is 32.1 Å². The Hall–Kier alpha value is -2.12. The number of nitrogens with zero attached hydrogens (tertiary/aromatic N) is 1. The van der Waals surface area contributed by atoms with Gasteiger partial charge in [0.15, 0.2) is 0 Å². The van der Waals surface area contributed by atoms with Crippen LogP contribution in [0.2, 0.25) is 0 Å². The van der Waals surface area contributed by atoms with E-state index in [0.717, 1.165) is 11.1 Å². The molecule has 0 aliphatic carbocycles. The Kier molecular flexibility index (Phi) is 6.02. The third-order valence-electron chi connectivity index (χ3n) is 3.87. The van der Waals surface area contributed by atoms with Crippen molar-refractivity contribution in [3.63, 3.8) is 0 Å². The third kappa shape index (κ3) is 4.49. The lowest BCUT2D eigenvalue weighted by atomic mass is 10.1. The molecule has 136 valence electrons. The lowest BCUT2D eigenvalue weighted by Crippen LogP contribution is -2.36. The average Bonchev–Trinajstić information content (AvgIpc) is 2.57. The summed E-state index contributed by atoms with van der Waals surface area (Å²) < 4.78 is 27.9. The minimum atomic E-state index is -3.67. The Bertz CT molecular complexity index is 861. The van der Waals surface area contributed by atoms with Crippen molar-refractivity contribution >= 4 is 32.4 Å². The maximum Gasteiger partial charge on any atom is 0.241 e. The molecule has 0 atom stereocenters. The molecule has 2 rings (SSSR count). The van der Waals surface area contributed by atoms with Gasteiger partial charge in [0.05, 0.1) is 4.90 Å². The first-order valence-electron chi connectivity index (χ1n) is 8.20. The first kappa shape index (κ1) is 19.2. The Morgan fingerprint density at radius 3 is 2.32 bits per heavy atom. The zero-order chi connectivity index (χ0) is 18.6. The van der Waals surface area contributed by atoms with Crippen LogP contribution < -0.4 is 14.9 Å². The van der Waals surface area contributed by atoms with E-state index in [9.17, 15) is 13.2 Å². The first-order valence-corrected chi connectivity index (χ1v) is 9.69. The van der Waals surface area contributed by atoms with Gasteiger partial charge in [0, 0.05) is 49.6 Å². The molecular weight excluding hydrogens is 338 g/mol. The lowest BCUT2D eigenvalue weighted by molar-refractivity contribution is -0.123. The molecule has 25 heavy (non-hydrogen) atoms. The molecular formula is C18H25N3O3S. The summed E-state index contributed by atoms with van der Waals surface area (Å²) >= 11 is 0. The van der Waals surface area contributed by atoms with Crippen molar-refractivity contribution in [2.45, 2.75) is 18.7 Å². The fourth-order valence-electron chi connectivity index (χ4n) is 2.54. The molecule has 0 saturated carbocycles. The Morgan fingerprint density at radius 2 is 1.68 bits per heavy atom. The average molecular weight is 363 g/mol. The molecule has 6 nitrogen and oxygen atoms in total. The maximum absolute atomic E-state index is 12.7. The Labute approximate surface area is 149 Å². The van der Waals surface area contributed by atoms with Gasteiger partial charge < -0.3 is 10.2 Å². The van der Waals surface area contributed by atoms with E-state index in [0.29, 0.717) is 5.39 Å². The Morgan fingerprint density at radius 1 is 1.04 bits per heavy atom. The molecule has 2 N–H and O–H groups in total. The summed E-state index contributed by atoms with van der Waals surface area (Å²) in [6.07, 6.45) is 0. The van der Waals surface area contributed by atoms with Crippen LogP contribution in [0, 0.1) is 5.92 Å². The molecule has 0 saturated heterocycles. The molecule has 2 aromatic rings. The number of hydrogen-bond donors (Lipinski definition) is 2. The largest absolute Gasteiger partial charge is 0.377 e. The normalized spacial score (nSPS) is 11.7. The van der Waals surface area contributed by atoms with Crippen LogP contribution in [0.25, 0.3) is 10.8 Å². The number of sulfonamides is 1. The molecule has 0 aromatic heterocycles. The zero-order valence-corrected chi connectivity index (χ0v) is 15.9. The van der Waals surface area contributed by atoms with E-state index < -0.39 is 10.0 Å².